The Morgan fingerprint density at radius 3 is 2.95 bits per heavy atom. The number of carboxylic acids is 1. The highest BCUT2D eigenvalue weighted by Gasteiger charge is 2.30. The van der Waals surface area contributed by atoms with Crippen molar-refractivity contribution in [3.05, 3.63) is 29.0 Å². The van der Waals surface area contributed by atoms with Gasteiger partial charge in [0.1, 0.15) is 11.5 Å². The second-order valence-electron chi connectivity index (χ2n) is 4.90. The molecule has 7 nitrogen and oxygen atoms in total. The summed E-state index contributed by atoms with van der Waals surface area (Å²) in [6.45, 7) is 2.43. The van der Waals surface area contributed by atoms with Crippen LogP contribution >= 0.6 is 11.3 Å². The summed E-state index contributed by atoms with van der Waals surface area (Å²) in [5, 5.41) is 11.3. The van der Waals surface area contributed by atoms with Gasteiger partial charge in [-0.15, -0.1) is 11.3 Å². The van der Waals surface area contributed by atoms with Crippen LogP contribution in [-0.4, -0.2) is 52.7 Å². The number of aliphatic carboxylic acids is 1. The van der Waals surface area contributed by atoms with Gasteiger partial charge in [-0.3, -0.25) is 4.79 Å². The Labute approximate surface area is 130 Å². The topological polar surface area (TPSA) is 92.9 Å². The zero-order valence-electron chi connectivity index (χ0n) is 11.8. The predicted octanol–water partition coefficient (Wildman–Crippen LogP) is 1.64. The van der Waals surface area contributed by atoms with Crippen LogP contribution in [0.4, 0.5) is 0 Å². The van der Waals surface area contributed by atoms with E-state index in [2.05, 4.69) is 4.98 Å². The lowest BCUT2D eigenvalue weighted by Gasteiger charge is -2.30. The van der Waals surface area contributed by atoms with Crippen LogP contribution in [0, 0.1) is 6.92 Å². The third kappa shape index (κ3) is 2.88. The number of carboxylic acid groups (broad SMARTS) is 1. The minimum Gasteiger partial charge on any atom is -0.479 e. The van der Waals surface area contributed by atoms with E-state index in [0.29, 0.717) is 23.0 Å². The maximum absolute atomic E-state index is 12.4. The lowest BCUT2D eigenvalue weighted by molar-refractivity contribution is -0.154. The van der Waals surface area contributed by atoms with Gasteiger partial charge in [0.25, 0.3) is 5.91 Å². The zero-order chi connectivity index (χ0) is 15.7. The summed E-state index contributed by atoms with van der Waals surface area (Å²) in [5.74, 6) is 0.0327. The fourth-order valence-electron chi connectivity index (χ4n) is 2.18. The van der Waals surface area contributed by atoms with Crippen molar-refractivity contribution in [3.63, 3.8) is 0 Å². The highest BCUT2D eigenvalue weighted by Crippen LogP contribution is 2.26. The van der Waals surface area contributed by atoms with Crippen molar-refractivity contribution in [2.75, 3.05) is 19.7 Å². The molecule has 116 valence electrons. The lowest BCUT2D eigenvalue weighted by atomic mass is 10.2. The first-order valence-corrected chi connectivity index (χ1v) is 7.58. The first kappa shape index (κ1) is 14.7. The molecule has 0 saturated carbocycles. The van der Waals surface area contributed by atoms with Gasteiger partial charge in [0, 0.05) is 11.9 Å². The number of carbonyl (C=O) groups is 2. The molecule has 1 atom stereocenters. The first-order valence-electron chi connectivity index (χ1n) is 6.70. The molecule has 0 radical (unpaired) electrons. The quantitative estimate of drug-likeness (QED) is 0.923. The van der Waals surface area contributed by atoms with E-state index in [4.69, 9.17) is 14.3 Å². The number of nitrogens with zero attached hydrogens (tertiary/aromatic N) is 2. The van der Waals surface area contributed by atoms with Gasteiger partial charge in [-0.25, -0.2) is 9.78 Å². The van der Waals surface area contributed by atoms with Gasteiger partial charge in [0.05, 0.1) is 13.2 Å². The molecule has 8 heteroatoms. The fourth-order valence-corrected chi connectivity index (χ4v) is 2.93. The number of hydrogen-bond donors (Lipinski definition) is 1. The Morgan fingerprint density at radius 1 is 1.45 bits per heavy atom. The van der Waals surface area contributed by atoms with Crippen molar-refractivity contribution in [1.29, 1.82) is 0 Å². The van der Waals surface area contributed by atoms with E-state index in [1.54, 1.807) is 11.4 Å². The SMILES string of the molecule is Cc1ccc(-c2nc(C(=O)N3CCO[C@H](C(=O)O)C3)cs2)o1. The molecule has 0 aromatic carbocycles. The molecule has 0 unspecified atom stereocenters. The molecule has 1 fully saturated rings. The first-order chi connectivity index (χ1) is 10.5. The van der Waals surface area contributed by atoms with Crippen molar-refractivity contribution in [2.24, 2.45) is 0 Å². The van der Waals surface area contributed by atoms with Crippen molar-refractivity contribution in [3.8, 4) is 10.8 Å². The van der Waals surface area contributed by atoms with Crippen molar-refractivity contribution < 1.29 is 23.8 Å². The molecule has 2 aromatic heterocycles. The summed E-state index contributed by atoms with van der Waals surface area (Å²) >= 11 is 1.32. The molecule has 0 spiro atoms. The van der Waals surface area contributed by atoms with E-state index in [-0.39, 0.29) is 19.1 Å². The summed E-state index contributed by atoms with van der Waals surface area (Å²) in [5.41, 5.74) is 0.292. The largest absolute Gasteiger partial charge is 0.479 e. The van der Waals surface area contributed by atoms with Gasteiger partial charge in [-0.2, -0.15) is 0 Å². The highest BCUT2D eigenvalue weighted by atomic mass is 32.1. The summed E-state index contributed by atoms with van der Waals surface area (Å²) in [4.78, 5) is 29.1. The third-order valence-corrected chi connectivity index (χ3v) is 4.16. The lowest BCUT2D eigenvalue weighted by Crippen LogP contribution is -2.48. The molecule has 0 aliphatic carbocycles. The maximum atomic E-state index is 12.4. The van der Waals surface area contributed by atoms with Crippen LogP contribution in [0.1, 0.15) is 16.2 Å². The number of rotatable bonds is 3. The number of furan rings is 1. The second-order valence-corrected chi connectivity index (χ2v) is 5.76. The standard InChI is InChI=1S/C14H14N2O5S/c1-8-2-3-10(21-8)12-15-9(7-22-12)13(17)16-4-5-20-11(6-16)14(18)19/h2-3,7,11H,4-6H2,1H3,(H,18,19)/t11-/m0/s1. The van der Waals surface area contributed by atoms with Gasteiger partial charge in [0.2, 0.25) is 0 Å². The second kappa shape index (κ2) is 5.90. The molecule has 1 amide bonds. The number of thiazole rings is 1. The number of ether oxygens (including phenoxy) is 1. The number of aromatic nitrogens is 1. The summed E-state index contributed by atoms with van der Waals surface area (Å²) in [6.07, 6.45) is -0.983. The van der Waals surface area contributed by atoms with Crippen molar-refractivity contribution >= 4 is 23.2 Å². The molecular weight excluding hydrogens is 308 g/mol. The molecule has 0 bridgehead atoms. The monoisotopic (exact) mass is 322 g/mol. The van der Waals surface area contributed by atoms with E-state index in [1.165, 1.54) is 16.2 Å². The van der Waals surface area contributed by atoms with Crippen LogP contribution in [-0.2, 0) is 9.53 Å². The number of aryl methyl sites for hydroxylation is 1. The molecule has 1 saturated heterocycles. The smallest absolute Gasteiger partial charge is 0.334 e. The minimum absolute atomic E-state index is 0.0287. The van der Waals surface area contributed by atoms with Gasteiger partial charge < -0.3 is 19.2 Å². The van der Waals surface area contributed by atoms with Gasteiger partial charge in [0.15, 0.2) is 16.9 Å². The molecule has 22 heavy (non-hydrogen) atoms. The van der Waals surface area contributed by atoms with E-state index in [1.807, 2.05) is 13.0 Å². The number of amides is 1. The van der Waals surface area contributed by atoms with Gasteiger partial charge >= 0.3 is 5.97 Å². The van der Waals surface area contributed by atoms with Crippen LogP contribution in [0.15, 0.2) is 21.9 Å². The Kier molecular flexibility index (Phi) is 3.95. The molecule has 2 aromatic rings. The molecule has 1 N–H and O–H groups in total. The van der Waals surface area contributed by atoms with E-state index in [9.17, 15) is 9.59 Å². The molecule has 3 heterocycles. The van der Waals surface area contributed by atoms with Gasteiger partial charge in [-0.1, -0.05) is 0 Å². The van der Waals surface area contributed by atoms with Crippen LogP contribution in [0.3, 0.4) is 0 Å². The summed E-state index contributed by atoms with van der Waals surface area (Å²) in [7, 11) is 0. The van der Waals surface area contributed by atoms with Crippen molar-refractivity contribution in [2.45, 2.75) is 13.0 Å². The summed E-state index contributed by atoms with van der Waals surface area (Å²) in [6, 6.07) is 3.63. The van der Waals surface area contributed by atoms with E-state index >= 15 is 0 Å². The molecule has 1 aliphatic rings. The Bertz CT molecular complexity index is 708. The maximum Gasteiger partial charge on any atom is 0.334 e. The average Bonchev–Trinajstić information content (AvgIpc) is 3.15. The summed E-state index contributed by atoms with van der Waals surface area (Å²) < 4.78 is 10.6. The number of morpholine rings is 1. The van der Waals surface area contributed by atoms with Crippen LogP contribution in [0.5, 0.6) is 0 Å². The predicted molar refractivity (Wildman–Crippen MR) is 77.8 cm³/mol. The van der Waals surface area contributed by atoms with E-state index in [0.717, 1.165) is 5.76 Å². The average molecular weight is 322 g/mol. The highest BCUT2D eigenvalue weighted by molar-refractivity contribution is 7.13. The normalized spacial score (nSPS) is 18.4. The number of carbonyl (C=O) groups excluding carboxylic acids is 1. The molecule has 3 rings (SSSR count). The Balaban J connectivity index is 1.75. The Hall–Kier alpha value is -2.19. The fraction of sp³-hybridized carbons (Fsp3) is 0.357. The van der Waals surface area contributed by atoms with E-state index < -0.39 is 12.1 Å². The minimum atomic E-state index is -1.07. The number of hydrogen-bond acceptors (Lipinski definition) is 6. The van der Waals surface area contributed by atoms with Crippen LogP contribution in [0.25, 0.3) is 10.8 Å². The third-order valence-electron chi connectivity index (χ3n) is 3.30. The molecular formula is C14H14N2O5S. The van der Waals surface area contributed by atoms with Crippen LogP contribution < -0.4 is 0 Å². The van der Waals surface area contributed by atoms with Crippen molar-refractivity contribution in [1.82, 2.24) is 9.88 Å². The van der Waals surface area contributed by atoms with Crippen LogP contribution in [0.2, 0.25) is 0 Å². The Morgan fingerprint density at radius 2 is 2.27 bits per heavy atom. The van der Waals surface area contributed by atoms with Gasteiger partial charge in [-0.05, 0) is 19.1 Å². The molecule has 1 aliphatic heterocycles. The zero-order valence-corrected chi connectivity index (χ0v) is 12.6.